The summed E-state index contributed by atoms with van der Waals surface area (Å²) in [6.45, 7) is 5.60. The summed E-state index contributed by atoms with van der Waals surface area (Å²) < 4.78 is 13.1. The van der Waals surface area contributed by atoms with Crippen molar-refractivity contribution in [1.82, 2.24) is 0 Å². The summed E-state index contributed by atoms with van der Waals surface area (Å²) in [6, 6.07) is 34.8. The van der Waals surface area contributed by atoms with Crippen molar-refractivity contribution < 1.29 is 28.7 Å². The van der Waals surface area contributed by atoms with Crippen LogP contribution < -0.4 is 9.47 Å². The van der Waals surface area contributed by atoms with Crippen LogP contribution in [0.25, 0.3) is 36.5 Å². The minimum absolute atomic E-state index is 0.595. The molecule has 10 heteroatoms. The third-order valence-electron chi connectivity index (χ3n) is 11.3. The summed E-state index contributed by atoms with van der Waals surface area (Å²) in [5.41, 5.74) is 6.84. The van der Waals surface area contributed by atoms with Crippen LogP contribution in [0.5, 0.6) is 11.5 Å². The summed E-state index contributed by atoms with van der Waals surface area (Å²) in [7, 11) is 0. The van der Waals surface area contributed by atoms with E-state index in [4.69, 9.17) is 9.47 Å². The molecule has 0 amide bonds. The molecule has 0 aliphatic rings. The average Bonchev–Trinajstić information content (AvgIpc) is 4.31. The number of hydrogen-bond donors (Lipinski definition) is 0. The Morgan fingerprint density at radius 2 is 0.711 bits per heavy atom. The Morgan fingerprint density at radius 3 is 1.00 bits per heavy atom. The maximum absolute atomic E-state index is 11.3. The van der Waals surface area contributed by atoms with Crippen molar-refractivity contribution in [3.8, 4) is 58.9 Å². The molecule has 0 fully saturated rings. The van der Waals surface area contributed by atoms with Gasteiger partial charge in [0.2, 0.25) is 0 Å². The molecule has 4 heterocycles. The average molecular weight is 1070 g/mol. The zero-order valence-electron chi connectivity index (χ0n) is 42.3. The lowest BCUT2D eigenvalue weighted by molar-refractivity contribution is 0.111. The first-order chi connectivity index (χ1) is 37.3. The first-order valence-electron chi connectivity index (χ1n) is 25.0. The highest BCUT2D eigenvalue weighted by Gasteiger charge is 2.11. The van der Waals surface area contributed by atoms with Gasteiger partial charge in [0.25, 0.3) is 0 Å². The lowest BCUT2D eigenvalue weighted by Crippen LogP contribution is -2.03. The van der Waals surface area contributed by atoms with Gasteiger partial charge >= 0.3 is 0 Å². The quantitative estimate of drug-likeness (QED) is 0.0291. The second-order valence-electron chi connectivity index (χ2n) is 17.1. The van der Waals surface area contributed by atoms with Crippen molar-refractivity contribution in [3.63, 3.8) is 0 Å². The van der Waals surface area contributed by atoms with E-state index in [1.165, 1.54) is 45.3 Å². The fourth-order valence-corrected chi connectivity index (χ4v) is 10.00. The number of unbranched alkanes of at least 4 members (excludes halogenated alkanes) is 6. The summed E-state index contributed by atoms with van der Waals surface area (Å²) in [6.07, 6.45) is 24.1. The Labute approximate surface area is 462 Å². The van der Waals surface area contributed by atoms with Crippen LogP contribution in [0.2, 0.25) is 0 Å². The Kier molecular flexibility index (Phi) is 22.2. The maximum Gasteiger partial charge on any atom is 0.160 e. The number of rotatable bonds is 22. The number of benzene rings is 3. The van der Waals surface area contributed by atoms with E-state index in [0.717, 1.165) is 141 Å². The molecule has 0 saturated heterocycles. The molecule has 6 nitrogen and oxygen atoms in total. The van der Waals surface area contributed by atoms with Gasteiger partial charge in [0.15, 0.2) is 25.1 Å². The summed E-state index contributed by atoms with van der Waals surface area (Å²) in [5.74, 6) is 26.9. The molecule has 0 spiro atoms. The molecule has 0 aliphatic carbocycles. The lowest BCUT2D eigenvalue weighted by atomic mass is 10.0. The third kappa shape index (κ3) is 18.1. The predicted octanol–water partition coefficient (Wildman–Crippen LogP) is 16.4. The fraction of sp³-hybridized carbons (Fsp3) is 0.182. The molecule has 0 radical (unpaired) electrons. The zero-order chi connectivity index (χ0) is 53.2. The van der Waals surface area contributed by atoms with Gasteiger partial charge < -0.3 is 9.47 Å². The molecule has 0 atom stereocenters. The van der Waals surface area contributed by atoms with Crippen LogP contribution in [-0.4, -0.2) is 38.4 Å². The molecule has 0 N–H and O–H groups in total. The van der Waals surface area contributed by atoms with Crippen molar-refractivity contribution >= 4 is 107 Å². The monoisotopic (exact) mass is 1070 g/mol. The van der Waals surface area contributed by atoms with Crippen molar-refractivity contribution in [1.29, 1.82) is 0 Å². The molecule has 0 unspecified atom stereocenters. The summed E-state index contributed by atoms with van der Waals surface area (Å²) in [4.78, 5) is 50.6. The Bertz CT molecular complexity index is 3140. The smallest absolute Gasteiger partial charge is 0.160 e. The van der Waals surface area contributed by atoms with Gasteiger partial charge in [0.05, 0.1) is 63.4 Å². The van der Waals surface area contributed by atoms with Crippen molar-refractivity contribution in [2.75, 3.05) is 13.2 Å². The molecule has 3 aromatic carbocycles. The molecular formula is C66H54O6S4. The molecule has 76 heavy (non-hydrogen) atoms. The van der Waals surface area contributed by atoms with Crippen LogP contribution in [0.3, 0.4) is 0 Å². The van der Waals surface area contributed by atoms with Crippen molar-refractivity contribution in [2.24, 2.45) is 0 Å². The lowest BCUT2D eigenvalue weighted by Gasteiger charge is -2.15. The van der Waals surface area contributed by atoms with E-state index >= 15 is 0 Å². The van der Waals surface area contributed by atoms with Crippen molar-refractivity contribution in [3.05, 3.63) is 193 Å². The van der Waals surface area contributed by atoms with Gasteiger partial charge in [0.1, 0.15) is 11.5 Å². The molecule has 378 valence electrons. The second kappa shape index (κ2) is 30.3. The number of carbonyl (C=O) groups is 4. The van der Waals surface area contributed by atoms with Crippen LogP contribution in [0.15, 0.2) is 120 Å². The van der Waals surface area contributed by atoms with E-state index in [-0.39, 0.29) is 0 Å². The number of ether oxygens (including phenoxy) is 2. The van der Waals surface area contributed by atoms with Gasteiger partial charge in [-0.2, -0.15) is 0 Å². The first-order valence-corrected chi connectivity index (χ1v) is 28.3. The highest BCUT2D eigenvalue weighted by molar-refractivity contribution is 7.15. The van der Waals surface area contributed by atoms with E-state index in [0.29, 0.717) is 43.9 Å². The first kappa shape index (κ1) is 55.7. The predicted molar refractivity (Wildman–Crippen MR) is 319 cm³/mol. The molecule has 7 rings (SSSR count). The van der Waals surface area contributed by atoms with Gasteiger partial charge in [-0.15, -0.1) is 45.3 Å². The number of hydrogen-bond acceptors (Lipinski definition) is 10. The molecule has 4 aromatic heterocycles. The van der Waals surface area contributed by atoms with Crippen molar-refractivity contribution in [2.45, 2.75) is 65.2 Å². The fourth-order valence-electron chi connectivity index (χ4n) is 7.29. The van der Waals surface area contributed by atoms with Gasteiger partial charge in [-0.05, 0) is 132 Å². The SMILES string of the molecule is CCCCCCOc1cc(/C=C/c2ccc(C=C(C#Cc3ccc(C=O)s3)C#Cc3ccc(C=O)s3)cc2)c(OCCCCCC)cc1/C=C/c1ccc(C=C(C#Cc2ccc(C=O)s2)C#Cc2ccc(C=O)s2)cc1. The highest BCUT2D eigenvalue weighted by atomic mass is 32.1. The maximum atomic E-state index is 11.3. The van der Waals surface area contributed by atoms with Crippen LogP contribution in [0, 0.1) is 47.4 Å². The van der Waals surface area contributed by atoms with Gasteiger partial charge in [-0.1, -0.05) is 149 Å². The van der Waals surface area contributed by atoms with Gasteiger partial charge in [0, 0.05) is 11.1 Å². The zero-order valence-corrected chi connectivity index (χ0v) is 45.6. The molecular weight excluding hydrogens is 1020 g/mol. The minimum atomic E-state index is 0.595. The van der Waals surface area contributed by atoms with E-state index in [2.05, 4.69) is 122 Å². The van der Waals surface area contributed by atoms with E-state index in [1.807, 2.05) is 60.7 Å². The van der Waals surface area contributed by atoms with Crippen LogP contribution in [-0.2, 0) is 0 Å². The highest BCUT2D eigenvalue weighted by Crippen LogP contribution is 2.33. The minimum Gasteiger partial charge on any atom is -0.493 e. The number of aldehydes is 4. The van der Waals surface area contributed by atoms with E-state index < -0.39 is 0 Å². The normalized spacial score (nSPS) is 10.4. The van der Waals surface area contributed by atoms with Crippen LogP contribution >= 0.6 is 45.3 Å². The standard InChI is InChI=1S/C66H54O6S4/c1-3-5-7-9-39-71-65-43-56(26-20-50-13-17-52(18-14-50)42-54(23-29-59-33-37-63(47-69)75-59)24-30-60-34-38-64(48-70)76-60)66(72-40-10-8-6-4-2)44-55(65)25-19-49-11-15-51(16-12-49)41-53(21-27-57-31-35-61(45-67)73-57)22-28-58-32-36-62(46-68)74-58/h11-20,25-26,31-38,41-48H,3-10,39-40H2,1-2H3/b25-19+,26-20+. The topological polar surface area (TPSA) is 86.7 Å². The Hall–Kier alpha value is -8.06. The van der Waals surface area contributed by atoms with Gasteiger partial charge in [-0.25, -0.2) is 0 Å². The molecule has 0 aliphatic heterocycles. The number of thiophene rings is 4. The summed E-state index contributed by atoms with van der Waals surface area (Å²) in [5, 5.41) is 0. The second-order valence-corrected chi connectivity index (χ2v) is 21.6. The van der Waals surface area contributed by atoms with Gasteiger partial charge in [-0.3, -0.25) is 19.2 Å². The molecule has 0 saturated carbocycles. The number of carbonyl (C=O) groups excluding carboxylic acids is 4. The summed E-state index contributed by atoms with van der Waals surface area (Å²) >= 11 is 5.31. The van der Waals surface area contributed by atoms with Crippen LogP contribution in [0.4, 0.5) is 0 Å². The third-order valence-corrected chi connectivity index (χ3v) is 15.0. The van der Waals surface area contributed by atoms with Crippen LogP contribution in [0.1, 0.15) is 157 Å². The molecule has 0 bridgehead atoms. The van der Waals surface area contributed by atoms with E-state index in [9.17, 15) is 19.2 Å². The largest absolute Gasteiger partial charge is 0.493 e. The number of allylic oxidation sites excluding steroid dienone is 2. The Balaban J connectivity index is 1.16. The molecule has 7 aromatic rings. The Morgan fingerprint density at radius 1 is 0.395 bits per heavy atom. The van der Waals surface area contributed by atoms with E-state index in [1.54, 1.807) is 24.3 Å².